The molecule has 0 aliphatic rings. The average molecular weight is 175 g/mol. The Labute approximate surface area is 77.2 Å². The Bertz CT molecular complexity index is 429. The molecule has 0 aliphatic carbocycles. The average Bonchev–Trinajstić information content (AvgIpc) is 2.47. The van der Waals surface area contributed by atoms with Crippen molar-refractivity contribution in [2.45, 2.75) is 13.0 Å². The summed E-state index contributed by atoms with van der Waals surface area (Å²) in [4.78, 5) is 4.27. The largest absolute Gasteiger partial charge is 0.334 e. The van der Waals surface area contributed by atoms with Crippen LogP contribution in [0.25, 0.3) is 11.0 Å². The van der Waals surface area contributed by atoms with Crippen molar-refractivity contribution in [2.24, 2.45) is 12.8 Å². The number of aryl methyl sites for hydroxylation is 1. The first-order valence-corrected chi connectivity index (χ1v) is 4.35. The number of nitrogens with zero attached hydrogens (tertiary/aromatic N) is 2. The molecule has 1 atom stereocenters. The molecule has 0 radical (unpaired) electrons. The van der Waals surface area contributed by atoms with Crippen LogP contribution >= 0.6 is 0 Å². The minimum absolute atomic E-state index is 0.0754. The zero-order valence-corrected chi connectivity index (χ0v) is 7.86. The van der Waals surface area contributed by atoms with Crippen molar-refractivity contribution in [3.63, 3.8) is 0 Å². The molecule has 0 unspecified atom stereocenters. The first-order chi connectivity index (χ1) is 6.18. The zero-order chi connectivity index (χ0) is 9.42. The lowest BCUT2D eigenvalue weighted by Gasteiger charge is -2.04. The van der Waals surface area contributed by atoms with Gasteiger partial charge < -0.3 is 10.3 Å². The van der Waals surface area contributed by atoms with Crippen LogP contribution in [0.1, 0.15) is 18.5 Å². The van der Waals surface area contributed by atoms with Gasteiger partial charge in [-0.1, -0.05) is 6.07 Å². The molecular weight excluding hydrogens is 162 g/mol. The Morgan fingerprint density at radius 3 is 2.92 bits per heavy atom. The second kappa shape index (κ2) is 2.85. The molecule has 0 saturated heterocycles. The van der Waals surface area contributed by atoms with Gasteiger partial charge in [0.05, 0.1) is 17.4 Å². The molecule has 1 aromatic carbocycles. The van der Waals surface area contributed by atoms with Crippen molar-refractivity contribution in [3.8, 4) is 0 Å². The second-order valence-corrected chi connectivity index (χ2v) is 3.39. The Kier molecular flexibility index (Phi) is 1.81. The summed E-state index contributed by atoms with van der Waals surface area (Å²) in [5.41, 5.74) is 9.06. The normalized spacial score (nSPS) is 13.5. The van der Waals surface area contributed by atoms with E-state index in [2.05, 4.69) is 17.1 Å². The molecule has 13 heavy (non-hydrogen) atoms. The van der Waals surface area contributed by atoms with Gasteiger partial charge in [0.25, 0.3) is 0 Å². The Morgan fingerprint density at radius 1 is 1.46 bits per heavy atom. The maximum absolute atomic E-state index is 5.78. The van der Waals surface area contributed by atoms with Gasteiger partial charge in [-0.15, -0.1) is 0 Å². The molecule has 2 rings (SSSR count). The van der Waals surface area contributed by atoms with Crippen molar-refractivity contribution in [2.75, 3.05) is 0 Å². The highest BCUT2D eigenvalue weighted by molar-refractivity contribution is 5.76. The molecule has 1 aromatic heterocycles. The molecule has 0 amide bonds. The van der Waals surface area contributed by atoms with Crippen molar-refractivity contribution in [1.29, 1.82) is 0 Å². The van der Waals surface area contributed by atoms with Crippen LogP contribution in [0, 0.1) is 0 Å². The maximum Gasteiger partial charge on any atom is 0.0955 e. The molecule has 1 heterocycles. The van der Waals surface area contributed by atoms with E-state index in [0.29, 0.717) is 0 Å². The zero-order valence-electron chi connectivity index (χ0n) is 7.86. The summed E-state index contributed by atoms with van der Waals surface area (Å²) in [6, 6.07) is 6.22. The van der Waals surface area contributed by atoms with E-state index in [9.17, 15) is 0 Å². The number of imidazole rings is 1. The topological polar surface area (TPSA) is 43.8 Å². The van der Waals surface area contributed by atoms with Gasteiger partial charge >= 0.3 is 0 Å². The number of nitrogens with two attached hydrogens (primary N) is 1. The number of rotatable bonds is 1. The number of fused-ring (bicyclic) bond motifs is 1. The Morgan fingerprint density at radius 2 is 2.23 bits per heavy atom. The Hall–Kier alpha value is -1.35. The van der Waals surface area contributed by atoms with Crippen molar-refractivity contribution in [3.05, 3.63) is 30.1 Å². The maximum atomic E-state index is 5.78. The van der Waals surface area contributed by atoms with Gasteiger partial charge in [0, 0.05) is 13.1 Å². The second-order valence-electron chi connectivity index (χ2n) is 3.39. The van der Waals surface area contributed by atoms with Crippen LogP contribution in [-0.2, 0) is 7.05 Å². The lowest BCUT2D eigenvalue weighted by Crippen LogP contribution is -2.04. The van der Waals surface area contributed by atoms with E-state index in [4.69, 9.17) is 5.73 Å². The lowest BCUT2D eigenvalue weighted by atomic mass is 10.1. The van der Waals surface area contributed by atoms with Crippen LogP contribution in [-0.4, -0.2) is 9.55 Å². The molecule has 0 fully saturated rings. The fraction of sp³-hybridized carbons (Fsp3) is 0.300. The summed E-state index contributed by atoms with van der Waals surface area (Å²) in [5, 5.41) is 0. The Balaban J connectivity index is 2.63. The minimum atomic E-state index is 0.0754. The van der Waals surface area contributed by atoms with Crippen LogP contribution in [0.15, 0.2) is 24.5 Å². The summed E-state index contributed by atoms with van der Waals surface area (Å²) in [6.45, 7) is 1.98. The third-order valence-corrected chi connectivity index (χ3v) is 2.28. The molecule has 2 aromatic rings. The third-order valence-electron chi connectivity index (χ3n) is 2.28. The van der Waals surface area contributed by atoms with Crippen molar-refractivity contribution >= 4 is 11.0 Å². The molecule has 2 N–H and O–H groups in total. The molecule has 0 spiro atoms. The molecule has 3 nitrogen and oxygen atoms in total. The van der Waals surface area contributed by atoms with Gasteiger partial charge in [0.15, 0.2) is 0 Å². The fourth-order valence-electron chi connectivity index (χ4n) is 1.44. The van der Waals surface area contributed by atoms with Crippen molar-refractivity contribution < 1.29 is 0 Å². The number of aromatic nitrogens is 2. The molecular formula is C10H13N3. The lowest BCUT2D eigenvalue weighted by molar-refractivity contribution is 0.819. The van der Waals surface area contributed by atoms with Crippen LogP contribution in [0.5, 0.6) is 0 Å². The van der Waals surface area contributed by atoms with E-state index in [-0.39, 0.29) is 6.04 Å². The quantitative estimate of drug-likeness (QED) is 0.715. The standard InChI is InChI=1S/C10H13N3/c1-7(11)8-3-4-10-9(5-8)12-6-13(10)2/h3-7H,11H2,1-2H3/t7-/m1/s1. The summed E-state index contributed by atoms with van der Waals surface area (Å²) >= 11 is 0. The third kappa shape index (κ3) is 1.31. The van der Waals surface area contributed by atoms with E-state index in [0.717, 1.165) is 16.6 Å². The van der Waals surface area contributed by atoms with Crippen LogP contribution in [0.4, 0.5) is 0 Å². The van der Waals surface area contributed by atoms with E-state index >= 15 is 0 Å². The number of hydrogen-bond acceptors (Lipinski definition) is 2. The first kappa shape index (κ1) is 8.26. The first-order valence-electron chi connectivity index (χ1n) is 4.35. The highest BCUT2D eigenvalue weighted by atomic mass is 15.0. The van der Waals surface area contributed by atoms with Crippen LogP contribution < -0.4 is 5.73 Å². The summed E-state index contributed by atoms with van der Waals surface area (Å²) in [7, 11) is 1.99. The smallest absolute Gasteiger partial charge is 0.0955 e. The van der Waals surface area contributed by atoms with Gasteiger partial charge in [-0.2, -0.15) is 0 Å². The van der Waals surface area contributed by atoms with Gasteiger partial charge in [0.2, 0.25) is 0 Å². The highest BCUT2D eigenvalue weighted by Gasteiger charge is 2.03. The van der Waals surface area contributed by atoms with E-state index in [1.165, 1.54) is 0 Å². The van der Waals surface area contributed by atoms with Gasteiger partial charge in [-0.25, -0.2) is 4.98 Å². The van der Waals surface area contributed by atoms with Crippen molar-refractivity contribution in [1.82, 2.24) is 9.55 Å². The molecule has 0 saturated carbocycles. The predicted octanol–water partition coefficient (Wildman–Crippen LogP) is 1.59. The van der Waals surface area contributed by atoms with E-state index < -0.39 is 0 Å². The van der Waals surface area contributed by atoms with Gasteiger partial charge in [-0.3, -0.25) is 0 Å². The van der Waals surface area contributed by atoms with E-state index in [1.54, 1.807) is 0 Å². The monoisotopic (exact) mass is 175 g/mol. The van der Waals surface area contributed by atoms with Crippen LogP contribution in [0.2, 0.25) is 0 Å². The molecule has 3 heteroatoms. The summed E-state index contributed by atoms with van der Waals surface area (Å²) < 4.78 is 2.00. The SMILES string of the molecule is C[C@@H](N)c1ccc2c(c1)ncn2C. The summed E-state index contributed by atoms with van der Waals surface area (Å²) in [5.74, 6) is 0. The fourth-order valence-corrected chi connectivity index (χ4v) is 1.44. The number of benzene rings is 1. The highest BCUT2D eigenvalue weighted by Crippen LogP contribution is 2.17. The van der Waals surface area contributed by atoms with Gasteiger partial charge in [-0.05, 0) is 24.6 Å². The minimum Gasteiger partial charge on any atom is -0.334 e. The molecule has 0 aliphatic heterocycles. The molecule has 0 bridgehead atoms. The number of hydrogen-bond donors (Lipinski definition) is 1. The predicted molar refractivity (Wildman–Crippen MR) is 53.3 cm³/mol. The van der Waals surface area contributed by atoms with Crippen LogP contribution in [0.3, 0.4) is 0 Å². The summed E-state index contributed by atoms with van der Waals surface area (Å²) in [6.07, 6.45) is 1.82. The van der Waals surface area contributed by atoms with E-state index in [1.807, 2.05) is 30.9 Å². The van der Waals surface area contributed by atoms with Gasteiger partial charge in [0.1, 0.15) is 0 Å². The molecule has 68 valence electrons.